The fourth-order valence-electron chi connectivity index (χ4n) is 6.33. The molecule has 0 aromatic heterocycles. The molecule has 11 heteroatoms. The number of carboxylic acid groups (broad SMARTS) is 1. The van der Waals surface area contributed by atoms with Crippen molar-refractivity contribution in [2.45, 2.75) is 52.0 Å². The predicted octanol–water partition coefficient (Wildman–Crippen LogP) is 6.10. The molecule has 240 valence electrons. The topological polar surface area (TPSA) is 107 Å². The molecule has 5 rings (SSSR count). The largest absolute Gasteiger partial charge is 0.494 e. The number of fused-ring (bicyclic) bond motifs is 1. The maximum absolute atomic E-state index is 15.8. The van der Waals surface area contributed by atoms with Gasteiger partial charge in [-0.3, -0.25) is 14.5 Å². The lowest BCUT2D eigenvalue weighted by Gasteiger charge is -2.27. The normalized spacial score (nSPS) is 19.0. The molecule has 0 bridgehead atoms. The number of ether oxygens (including phenoxy) is 4. The molecule has 0 aliphatic carbocycles. The van der Waals surface area contributed by atoms with E-state index in [-0.39, 0.29) is 31.3 Å². The van der Waals surface area contributed by atoms with E-state index in [1.807, 2.05) is 20.8 Å². The van der Waals surface area contributed by atoms with Crippen LogP contribution in [-0.2, 0) is 22.4 Å². The summed E-state index contributed by atoms with van der Waals surface area (Å²) in [7, 11) is 1.48. The second-order valence-electron chi connectivity index (χ2n) is 11.2. The summed E-state index contributed by atoms with van der Waals surface area (Å²) in [6, 6.07) is 9.59. The second kappa shape index (κ2) is 13.7. The minimum atomic E-state index is -1.14. The number of rotatable bonds is 12. The average Bonchev–Trinajstić information content (AvgIpc) is 3.65. The number of likely N-dealkylation sites (tertiary alicyclic amines) is 1. The van der Waals surface area contributed by atoms with Crippen molar-refractivity contribution in [3.63, 3.8) is 0 Å². The van der Waals surface area contributed by atoms with Crippen molar-refractivity contribution in [2.75, 3.05) is 38.9 Å². The van der Waals surface area contributed by atoms with E-state index in [2.05, 4.69) is 5.32 Å². The minimum absolute atomic E-state index is 0.00234. The molecule has 1 saturated heterocycles. The van der Waals surface area contributed by atoms with E-state index >= 15 is 4.39 Å². The number of benzene rings is 3. The summed E-state index contributed by atoms with van der Waals surface area (Å²) in [4.78, 5) is 28.3. The summed E-state index contributed by atoms with van der Waals surface area (Å²) < 4.78 is 52.2. The van der Waals surface area contributed by atoms with Crippen LogP contribution < -0.4 is 24.3 Å². The van der Waals surface area contributed by atoms with Crippen LogP contribution in [0, 0.1) is 17.6 Å². The third-order valence-corrected chi connectivity index (χ3v) is 8.40. The van der Waals surface area contributed by atoms with Crippen LogP contribution in [0.4, 0.5) is 14.5 Å². The molecule has 1 fully saturated rings. The van der Waals surface area contributed by atoms with E-state index in [0.717, 1.165) is 6.42 Å². The van der Waals surface area contributed by atoms with Crippen molar-refractivity contribution in [3.8, 4) is 23.0 Å². The highest BCUT2D eigenvalue weighted by Crippen LogP contribution is 2.50. The number of aryl methyl sites for hydroxylation is 2. The van der Waals surface area contributed by atoms with Gasteiger partial charge in [0.05, 0.1) is 32.2 Å². The fraction of sp³-hybridized carbons (Fsp3) is 0.412. The molecule has 2 N–H and O–H groups in total. The Morgan fingerprint density at radius 1 is 1.04 bits per heavy atom. The Morgan fingerprint density at radius 3 is 2.40 bits per heavy atom. The van der Waals surface area contributed by atoms with Gasteiger partial charge in [0.25, 0.3) is 0 Å². The Kier molecular flexibility index (Phi) is 9.77. The van der Waals surface area contributed by atoms with Gasteiger partial charge in [0, 0.05) is 29.8 Å². The maximum Gasteiger partial charge on any atom is 0.309 e. The molecule has 9 nitrogen and oxygen atoms in total. The standard InChI is InChI=1S/C34H38F2N2O7/c1-5-10-43-23-8-9-24(26(36)15-23)32-30(34(40)41)25(21-13-27(42-4)33-28(14-21)44-18-45-33)16-38(32)17-29(39)37-31-19(6-2)11-22(35)12-20(31)7-3/h8-9,11-15,25,30,32H,5-7,10,16-18H2,1-4H3,(H,37,39)(H,40,41)/t25-,30-,32+/m1/s1. The van der Waals surface area contributed by atoms with Crippen molar-refractivity contribution in [1.29, 1.82) is 0 Å². The molecule has 3 aromatic rings. The van der Waals surface area contributed by atoms with Gasteiger partial charge in [-0.15, -0.1) is 0 Å². The average molecular weight is 625 g/mol. The van der Waals surface area contributed by atoms with Crippen LogP contribution in [0.3, 0.4) is 0 Å². The number of nitrogens with one attached hydrogen (secondary N) is 1. The zero-order valence-electron chi connectivity index (χ0n) is 25.8. The van der Waals surface area contributed by atoms with E-state index in [0.29, 0.717) is 64.8 Å². The number of hydrogen-bond acceptors (Lipinski definition) is 7. The number of methoxy groups -OCH3 is 1. The van der Waals surface area contributed by atoms with E-state index in [1.165, 1.54) is 31.4 Å². The van der Waals surface area contributed by atoms with Gasteiger partial charge >= 0.3 is 5.97 Å². The summed E-state index contributed by atoms with van der Waals surface area (Å²) >= 11 is 0. The maximum atomic E-state index is 15.8. The molecule has 0 radical (unpaired) electrons. The third-order valence-electron chi connectivity index (χ3n) is 8.40. The van der Waals surface area contributed by atoms with Crippen molar-refractivity contribution in [2.24, 2.45) is 5.92 Å². The van der Waals surface area contributed by atoms with Gasteiger partial charge in [0.2, 0.25) is 18.4 Å². The smallest absolute Gasteiger partial charge is 0.309 e. The Balaban J connectivity index is 1.54. The van der Waals surface area contributed by atoms with E-state index in [1.54, 1.807) is 23.1 Å². The van der Waals surface area contributed by atoms with Gasteiger partial charge in [-0.25, -0.2) is 8.78 Å². The van der Waals surface area contributed by atoms with Gasteiger partial charge in [0.15, 0.2) is 11.5 Å². The number of nitrogens with zero attached hydrogens (tertiary/aromatic N) is 1. The first-order valence-corrected chi connectivity index (χ1v) is 15.2. The third kappa shape index (κ3) is 6.54. The lowest BCUT2D eigenvalue weighted by atomic mass is 9.82. The number of carboxylic acids is 1. The van der Waals surface area contributed by atoms with Crippen molar-refractivity contribution < 1.29 is 42.4 Å². The molecule has 2 heterocycles. The van der Waals surface area contributed by atoms with Gasteiger partial charge in [-0.05, 0) is 66.3 Å². The number of carbonyl (C=O) groups is 2. The minimum Gasteiger partial charge on any atom is -0.494 e. The van der Waals surface area contributed by atoms with Crippen LogP contribution in [0.15, 0.2) is 42.5 Å². The highest BCUT2D eigenvalue weighted by molar-refractivity contribution is 5.94. The zero-order valence-corrected chi connectivity index (χ0v) is 25.8. The molecule has 0 unspecified atom stereocenters. The van der Waals surface area contributed by atoms with Crippen LogP contribution in [0.2, 0.25) is 0 Å². The van der Waals surface area contributed by atoms with E-state index in [9.17, 15) is 19.1 Å². The summed E-state index contributed by atoms with van der Waals surface area (Å²) in [6.07, 6.45) is 1.74. The molecule has 3 aromatic carbocycles. The van der Waals surface area contributed by atoms with E-state index in [4.69, 9.17) is 18.9 Å². The van der Waals surface area contributed by atoms with Gasteiger partial charge in [-0.2, -0.15) is 0 Å². The van der Waals surface area contributed by atoms with Gasteiger partial charge < -0.3 is 29.4 Å². The molecule has 0 spiro atoms. The zero-order chi connectivity index (χ0) is 32.2. The molecular weight excluding hydrogens is 586 g/mol. The Bertz CT molecular complexity index is 1560. The molecule has 1 amide bonds. The van der Waals surface area contributed by atoms with Crippen LogP contribution in [0.5, 0.6) is 23.0 Å². The van der Waals surface area contributed by atoms with Crippen LogP contribution >= 0.6 is 0 Å². The molecule has 45 heavy (non-hydrogen) atoms. The SMILES string of the molecule is CCCOc1ccc([C@H]2[C@H](C(=O)O)[C@@H](c3cc(OC)c4c(c3)OCO4)CN2CC(=O)Nc2c(CC)cc(F)cc2CC)c(F)c1. The summed E-state index contributed by atoms with van der Waals surface area (Å²) in [5, 5.41) is 13.6. The first kappa shape index (κ1) is 32.0. The molecule has 0 saturated carbocycles. The highest BCUT2D eigenvalue weighted by atomic mass is 19.1. The summed E-state index contributed by atoms with van der Waals surface area (Å²) in [5.41, 5.74) is 2.58. The number of aliphatic carboxylic acids is 1. The second-order valence-corrected chi connectivity index (χ2v) is 11.2. The van der Waals surface area contributed by atoms with Crippen LogP contribution in [0.1, 0.15) is 61.4 Å². The molecule has 2 aliphatic heterocycles. The Labute approximate surface area is 261 Å². The van der Waals surface area contributed by atoms with Crippen molar-refractivity contribution >= 4 is 17.6 Å². The number of carbonyl (C=O) groups excluding carboxylic acids is 1. The molecule has 3 atom stereocenters. The van der Waals surface area contributed by atoms with Crippen LogP contribution in [0.25, 0.3) is 0 Å². The first-order valence-electron chi connectivity index (χ1n) is 15.2. The van der Waals surface area contributed by atoms with E-state index < -0.39 is 35.6 Å². The van der Waals surface area contributed by atoms with Gasteiger partial charge in [0.1, 0.15) is 17.4 Å². The number of halogens is 2. The Morgan fingerprint density at radius 2 is 1.78 bits per heavy atom. The monoisotopic (exact) mass is 624 g/mol. The quantitative estimate of drug-likeness (QED) is 0.249. The first-order chi connectivity index (χ1) is 21.7. The highest BCUT2D eigenvalue weighted by Gasteiger charge is 2.49. The molecular formula is C34H38F2N2O7. The molecule has 2 aliphatic rings. The lowest BCUT2D eigenvalue weighted by molar-refractivity contribution is -0.143. The number of amides is 1. The predicted molar refractivity (Wildman–Crippen MR) is 163 cm³/mol. The number of hydrogen-bond donors (Lipinski definition) is 2. The van der Waals surface area contributed by atoms with Gasteiger partial charge in [-0.1, -0.05) is 26.8 Å². The van der Waals surface area contributed by atoms with Crippen molar-refractivity contribution in [1.82, 2.24) is 4.90 Å². The number of anilines is 1. The summed E-state index contributed by atoms with van der Waals surface area (Å²) in [6.45, 7) is 5.98. The van der Waals surface area contributed by atoms with Crippen molar-refractivity contribution in [3.05, 3.63) is 76.4 Å². The lowest BCUT2D eigenvalue weighted by Crippen LogP contribution is -2.36. The Hall–Kier alpha value is -4.38. The fourth-order valence-corrected chi connectivity index (χ4v) is 6.33. The van der Waals surface area contributed by atoms with Crippen LogP contribution in [-0.4, -0.2) is 55.5 Å². The summed E-state index contributed by atoms with van der Waals surface area (Å²) in [5.74, 6) is -2.82.